The van der Waals surface area contributed by atoms with E-state index in [1.54, 1.807) is 7.11 Å². The van der Waals surface area contributed by atoms with Crippen molar-refractivity contribution < 1.29 is 17.9 Å². The minimum atomic E-state index is -4.35. The van der Waals surface area contributed by atoms with Crippen LogP contribution in [0.3, 0.4) is 0 Å². The van der Waals surface area contributed by atoms with Crippen molar-refractivity contribution in [3.05, 3.63) is 70.5 Å². The Labute approximate surface area is 194 Å². The molecule has 1 aliphatic heterocycles. The molecule has 0 bridgehead atoms. The number of nitrogens with one attached hydrogen (secondary N) is 1. The second-order valence-electron chi connectivity index (χ2n) is 8.11. The molecule has 10 heteroatoms. The molecule has 0 amide bonds. The molecule has 1 aromatic heterocycles. The van der Waals surface area contributed by atoms with E-state index < -0.39 is 11.7 Å². The van der Waals surface area contributed by atoms with Crippen LogP contribution in [0, 0.1) is 6.92 Å². The fraction of sp³-hybridized carbons (Fsp3) is 0.348. The highest BCUT2D eigenvalue weighted by atomic mass is 32.2. The molecule has 0 aliphatic carbocycles. The number of hydrogen-bond acceptors (Lipinski definition) is 6. The van der Waals surface area contributed by atoms with Gasteiger partial charge >= 0.3 is 6.18 Å². The van der Waals surface area contributed by atoms with Gasteiger partial charge in [-0.2, -0.15) is 18.3 Å². The third kappa shape index (κ3) is 5.03. The largest absolute Gasteiger partial charge is 0.416 e. The summed E-state index contributed by atoms with van der Waals surface area (Å²) in [5.74, 6) is 0. The SMILES string of the molecule is COCC1=C(c2ccc3n[nH]c(C)c3c2)SC(N)N1C[C@H](N)Cc1ccc(C(F)(F)F)cc1. The summed E-state index contributed by atoms with van der Waals surface area (Å²) in [4.78, 5) is 3.04. The molecular weight excluding hydrogens is 451 g/mol. The van der Waals surface area contributed by atoms with Crippen LogP contribution in [0.15, 0.2) is 48.2 Å². The monoisotopic (exact) mass is 477 g/mol. The van der Waals surface area contributed by atoms with Crippen molar-refractivity contribution in [2.45, 2.75) is 31.1 Å². The van der Waals surface area contributed by atoms with Gasteiger partial charge in [-0.25, -0.2) is 0 Å². The number of aromatic amines is 1. The fourth-order valence-electron chi connectivity index (χ4n) is 4.00. The van der Waals surface area contributed by atoms with E-state index in [-0.39, 0.29) is 11.5 Å². The van der Waals surface area contributed by atoms with Gasteiger partial charge in [0.1, 0.15) is 5.50 Å². The van der Waals surface area contributed by atoms with Crippen LogP contribution in [0.25, 0.3) is 15.8 Å². The smallest absolute Gasteiger partial charge is 0.378 e. The highest BCUT2D eigenvalue weighted by Gasteiger charge is 2.32. The zero-order valence-corrected chi connectivity index (χ0v) is 19.1. The molecule has 5 N–H and O–H groups in total. The van der Waals surface area contributed by atoms with Crippen LogP contribution in [-0.2, 0) is 17.3 Å². The van der Waals surface area contributed by atoms with Crippen molar-refractivity contribution in [2.24, 2.45) is 11.5 Å². The minimum absolute atomic E-state index is 0.321. The Morgan fingerprint density at radius 2 is 1.94 bits per heavy atom. The first-order valence-electron chi connectivity index (χ1n) is 10.4. The highest BCUT2D eigenvalue weighted by molar-refractivity contribution is 8.09. The van der Waals surface area contributed by atoms with Crippen LogP contribution in [0.4, 0.5) is 13.2 Å². The average Bonchev–Trinajstić information content (AvgIpc) is 3.28. The lowest BCUT2D eigenvalue weighted by Gasteiger charge is -2.29. The summed E-state index contributed by atoms with van der Waals surface area (Å²) in [5, 5.41) is 8.33. The predicted octanol–water partition coefficient (Wildman–Crippen LogP) is 4.07. The van der Waals surface area contributed by atoms with Crippen LogP contribution in [0.5, 0.6) is 0 Å². The number of nitrogens with zero attached hydrogens (tertiary/aromatic N) is 2. The van der Waals surface area contributed by atoms with Crippen LogP contribution >= 0.6 is 11.8 Å². The Bertz CT molecular complexity index is 1160. The number of methoxy groups -OCH3 is 1. The van der Waals surface area contributed by atoms with Gasteiger partial charge in [-0.1, -0.05) is 30.0 Å². The van der Waals surface area contributed by atoms with Crippen LogP contribution in [0.1, 0.15) is 22.4 Å². The zero-order valence-electron chi connectivity index (χ0n) is 18.3. The van der Waals surface area contributed by atoms with Crippen molar-refractivity contribution in [2.75, 3.05) is 20.3 Å². The number of benzene rings is 2. The molecule has 2 heterocycles. The fourth-order valence-corrected chi connectivity index (χ4v) is 5.16. The van der Waals surface area contributed by atoms with Crippen molar-refractivity contribution in [3.63, 3.8) is 0 Å². The summed E-state index contributed by atoms with van der Waals surface area (Å²) in [6, 6.07) is 10.9. The third-order valence-corrected chi connectivity index (χ3v) is 6.86. The molecule has 0 fully saturated rings. The van der Waals surface area contributed by atoms with Crippen molar-refractivity contribution >= 4 is 27.6 Å². The van der Waals surface area contributed by atoms with Gasteiger partial charge in [0.15, 0.2) is 0 Å². The van der Waals surface area contributed by atoms with E-state index in [2.05, 4.69) is 16.3 Å². The van der Waals surface area contributed by atoms with Gasteiger partial charge in [0.05, 0.1) is 23.4 Å². The van der Waals surface area contributed by atoms with Crippen molar-refractivity contribution in [3.8, 4) is 0 Å². The van der Waals surface area contributed by atoms with Gasteiger partial charge < -0.3 is 21.1 Å². The van der Waals surface area contributed by atoms with E-state index in [1.807, 2.05) is 24.0 Å². The van der Waals surface area contributed by atoms with Gasteiger partial charge in [-0.15, -0.1) is 0 Å². The minimum Gasteiger partial charge on any atom is -0.378 e. The van der Waals surface area contributed by atoms with Gasteiger partial charge in [0, 0.05) is 35.7 Å². The number of thioether (sulfide) groups is 1. The predicted molar refractivity (Wildman–Crippen MR) is 125 cm³/mol. The first kappa shape index (κ1) is 23.6. The molecule has 4 rings (SSSR count). The molecule has 2 atom stereocenters. The first-order chi connectivity index (χ1) is 15.7. The lowest BCUT2D eigenvalue weighted by Crippen LogP contribution is -2.44. The Morgan fingerprint density at radius 3 is 2.61 bits per heavy atom. The van der Waals surface area contributed by atoms with Crippen LogP contribution in [0.2, 0.25) is 0 Å². The number of aryl methyl sites for hydroxylation is 1. The summed E-state index contributed by atoms with van der Waals surface area (Å²) in [5.41, 5.74) is 16.4. The number of alkyl halides is 3. The molecule has 3 aromatic rings. The van der Waals surface area contributed by atoms with Crippen LogP contribution < -0.4 is 11.5 Å². The highest BCUT2D eigenvalue weighted by Crippen LogP contribution is 2.43. The summed E-state index contributed by atoms with van der Waals surface area (Å²) in [6.07, 6.45) is -3.92. The molecular formula is C23H26F3N5OS. The normalized spacial score (nSPS) is 17.9. The number of nitrogens with two attached hydrogens (primary N) is 2. The van der Waals surface area contributed by atoms with E-state index in [9.17, 15) is 13.2 Å². The molecule has 176 valence electrons. The number of H-pyrrole nitrogens is 1. The van der Waals surface area contributed by atoms with E-state index in [4.69, 9.17) is 16.2 Å². The number of fused-ring (bicyclic) bond motifs is 1. The summed E-state index contributed by atoms with van der Waals surface area (Å²) in [6.45, 7) is 2.79. The molecule has 0 radical (unpaired) electrons. The molecule has 2 aromatic carbocycles. The van der Waals surface area contributed by atoms with Gasteiger partial charge in [-0.3, -0.25) is 5.10 Å². The Hall–Kier alpha value is -2.53. The van der Waals surface area contributed by atoms with Crippen molar-refractivity contribution in [1.29, 1.82) is 0 Å². The lowest BCUT2D eigenvalue weighted by molar-refractivity contribution is -0.137. The quantitative estimate of drug-likeness (QED) is 0.475. The average molecular weight is 478 g/mol. The number of hydrogen-bond donors (Lipinski definition) is 3. The summed E-state index contributed by atoms with van der Waals surface area (Å²) >= 11 is 1.54. The van der Waals surface area contributed by atoms with E-state index in [0.717, 1.165) is 50.5 Å². The standard InChI is InChI=1S/C23H26F3N5OS/c1-13-18-10-15(5-8-19(18)30-29-13)21-20(12-32-2)31(22(28)33-21)11-17(27)9-14-3-6-16(7-4-14)23(24,25)26/h3-8,10,17,22H,9,11-12,27-28H2,1-2H3,(H,29,30)/t17-,22?/m1/s1. The number of aromatic nitrogens is 2. The molecule has 0 saturated carbocycles. The first-order valence-corrected chi connectivity index (χ1v) is 11.3. The van der Waals surface area contributed by atoms with Gasteiger partial charge in [0.2, 0.25) is 0 Å². The molecule has 0 saturated heterocycles. The van der Waals surface area contributed by atoms with Crippen molar-refractivity contribution in [1.82, 2.24) is 15.1 Å². The van der Waals surface area contributed by atoms with E-state index in [1.165, 1.54) is 23.9 Å². The molecule has 33 heavy (non-hydrogen) atoms. The van der Waals surface area contributed by atoms with E-state index in [0.29, 0.717) is 19.6 Å². The third-order valence-electron chi connectivity index (χ3n) is 5.65. The van der Waals surface area contributed by atoms with Gasteiger partial charge in [0.25, 0.3) is 0 Å². The topological polar surface area (TPSA) is 93.2 Å². The maximum atomic E-state index is 12.8. The molecule has 6 nitrogen and oxygen atoms in total. The number of rotatable bonds is 7. The molecule has 1 aliphatic rings. The molecule has 0 spiro atoms. The molecule has 1 unspecified atom stereocenters. The Morgan fingerprint density at radius 1 is 1.21 bits per heavy atom. The Kier molecular flexibility index (Phi) is 6.71. The second-order valence-corrected chi connectivity index (χ2v) is 9.24. The Balaban J connectivity index is 1.54. The maximum absolute atomic E-state index is 12.8. The number of halogens is 3. The zero-order chi connectivity index (χ0) is 23.8. The summed E-state index contributed by atoms with van der Waals surface area (Å²) in [7, 11) is 1.63. The number of ether oxygens (including phenoxy) is 1. The second kappa shape index (κ2) is 9.38. The van der Waals surface area contributed by atoms with E-state index >= 15 is 0 Å². The lowest BCUT2D eigenvalue weighted by atomic mass is 10.0. The maximum Gasteiger partial charge on any atom is 0.416 e. The summed E-state index contributed by atoms with van der Waals surface area (Å²) < 4.78 is 43.9. The van der Waals surface area contributed by atoms with Crippen LogP contribution in [-0.4, -0.2) is 46.9 Å². The van der Waals surface area contributed by atoms with Gasteiger partial charge in [-0.05, 0) is 48.7 Å².